The Kier molecular flexibility index (Phi) is 14.6. The standard InChI is InChI=1S/C25H37F3N6O2.C2H6/c1-7-16(2)10-19(9-8-17(3)35)21-12-22(25(26,27)28)33-34(21)15-24(4,5)32-23(36)20(30)11-18(13-29)14-31-6;1-2/h8-10,12-14,16,20H,7,11,15,29-30H2,1-6H3,(H,32,36);1-2H3/b9-8-,18-13-,19-10+,31-14?;. The van der Waals surface area contributed by atoms with Gasteiger partial charge in [0, 0.05) is 13.3 Å². The summed E-state index contributed by atoms with van der Waals surface area (Å²) in [6.45, 7) is 12.5. The van der Waals surface area contributed by atoms with Crippen molar-refractivity contribution >= 4 is 23.5 Å². The highest BCUT2D eigenvalue weighted by Gasteiger charge is 2.36. The molecule has 2 atom stereocenters. The van der Waals surface area contributed by atoms with Crippen molar-refractivity contribution in [3.8, 4) is 0 Å². The third kappa shape index (κ3) is 11.9. The van der Waals surface area contributed by atoms with Gasteiger partial charge in [-0.15, -0.1) is 0 Å². The number of nitrogens with zero attached hydrogens (tertiary/aromatic N) is 3. The number of carbonyl (C=O) groups is 2. The van der Waals surface area contributed by atoms with Crippen LogP contribution < -0.4 is 16.8 Å². The highest BCUT2D eigenvalue weighted by atomic mass is 19.4. The van der Waals surface area contributed by atoms with Crippen molar-refractivity contribution in [3.63, 3.8) is 0 Å². The Labute approximate surface area is 224 Å². The van der Waals surface area contributed by atoms with Gasteiger partial charge >= 0.3 is 6.18 Å². The fourth-order valence-corrected chi connectivity index (χ4v) is 3.28. The molecule has 5 N–H and O–H groups in total. The molecule has 214 valence electrons. The molecule has 0 saturated heterocycles. The second kappa shape index (κ2) is 15.9. The van der Waals surface area contributed by atoms with Gasteiger partial charge in [0.1, 0.15) is 0 Å². The van der Waals surface area contributed by atoms with Crippen molar-refractivity contribution in [1.29, 1.82) is 0 Å². The van der Waals surface area contributed by atoms with Crippen LogP contribution in [0.1, 0.15) is 72.7 Å². The quantitative estimate of drug-likeness (QED) is 0.202. The molecule has 0 bridgehead atoms. The van der Waals surface area contributed by atoms with Crippen LogP contribution in [0.3, 0.4) is 0 Å². The van der Waals surface area contributed by atoms with Crippen molar-refractivity contribution < 1.29 is 22.8 Å². The van der Waals surface area contributed by atoms with E-state index in [0.29, 0.717) is 11.1 Å². The van der Waals surface area contributed by atoms with Crippen LogP contribution in [0.5, 0.6) is 0 Å². The number of alkyl halides is 3. The Hall–Kier alpha value is -3.21. The number of amides is 1. The molecule has 38 heavy (non-hydrogen) atoms. The van der Waals surface area contributed by atoms with Crippen LogP contribution in [0, 0.1) is 5.92 Å². The SMILES string of the molecule is CC.CCC(C)/C=C(\C=C/C(C)=O)c1cc(C(F)(F)F)nn1CC(C)(C)NC(=O)C(N)C/C(C=NC)=C/N. The van der Waals surface area contributed by atoms with E-state index >= 15 is 0 Å². The molecule has 11 heteroatoms. The second-order valence-corrected chi connectivity index (χ2v) is 9.33. The zero-order valence-corrected chi connectivity index (χ0v) is 23.7. The van der Waals surface area contributed by atoms with Gasteiger partial charge in [0.2, 0.25) is 5.91 Å². The molecule has 2 unspecified atom stereocenters. The van der Waals surface area contributed by atoms with Gasteiger partial charge in [-0.3, -0.25) is 19.3 Å². The first-order valence-electron chi connectivity index (χ1n) is 12.6. The summed E-state index contributed by atoms with van der Waals surface area (Å²) in [4.78, 5) is 28.1. The van der Waals surface area contributed by atoms with E-state index in [0.717, 1.165) is 12.5 Å². The van der Waals surface area contributed by atoms with E-state index in [1.807, 2.05) is 27.7 Å². The van der Waals surface area contributed by atoms with Crippen LogP contribution in [0.4, 0.5) is 13.2 Å². The number of aliphatic imine (C=N–C) groups is 1. The molecule has 0 aromatic carbocycles. The minimum atomic E-state index is -4.67. The van der Waals surface area contributed by atoms with Crippen molar-refractivity contribution in [2.24, 2.45) is 22.4 Å². The number of ketones is 1. The summed E-state index contributed by atoms with van der Waals surface area (Å²) in [5, 5.41) is 6.57. The number of hydrogen-bond donors (Lipinski definition) is 3. The predicted molar refractivity (Wildman–Crippen MR) is 147 cm³/mol. The largest absolute Gasteiger partial charge is 0.435 e. The molecule has 0 aliphatic rings. The normalized spacial score (nSPS) is 14.8. The van der Waals surface area contributed by atoms with E-state index in [4.69, 9.17) is 11.5 Å². The summed E-state index contributed by atoms with van der Waals surface area (Å²) < 4.78 is 41.9. The van der Waals surface area contributed by atoms with Gasteiger partial charge in [0.25, 0.3) is 0 Å². The van der Waals surface area contributed by atoms with Crippen molar-refractivity contribution in [1.82, 2.24) is 15.1 Å². The smallest absolute Gasteiger partial charge is 0.404 e. The van der Waals surface area contributed by atoms with Gasteiger partial charge in [-0.05, 0) is 68.7 Å². The Morgan fingerprint density at radius 1 is 1.24 bits per heavy atom. The van der Waals surface area contributed by atoms with Gasteiger partial charge in [0.05, 0.1) is 23.8 Å². The van der Waals surface area contributed by atoms with Crippen molar-refractivity contribution in [2.75, 3.05) is 7.05 Å². The predicted octanol–water partition coefficient (Wildman–Crippen LogP) is 4.66. The van der Waals surface area contributed by atoms with Crippen LogP contribution in [-0.2, 0) is 22.3 Å². The fraction of sp³-hybridized carbons (Fsp3) is 0.556. The highest BCUT2D eigenvalue weighted by Crippen LogP contribution is 2.32. The number of aromatic nitrogens is 2. The number of rotatable bonds is 12. The van der Waals surface area contributed by atoms with Crippen LogP contribution in [0.25, 0.3) is 5.57 Å². The average molecular weight is 541 g/mol. The van der Waals surface area contributed by atoms with Crippen LogP contribution >= 0.6 is 0 Å². The molecule has 1 aromatic heterocycles. The van der Waals surface area contributed by atoms with Crippen LogP contribution in [0.15, 0.2) is 41.1 Å². The lowest BCUT2D eigenvalue weighted by Gasteiger charge is -2.29. The maximum atomic E-state index is 13.6. The zero-order chi connectivity index (χ0) is 29.7. The van der Waals surface area contributed by atoms with E-state index in [2.05, 4.69) is 15.4 Å². The molecule has 1 amide bonds. The molecule has 0 aliphatic carbocycles. The van der Waals surface area contributed by atoms with E-state index in [1.54, 1.807) is 27.0 Å². The molecule has 8 nitrogen and oxygen atoms in total. The summed E-state index contributed by atoms with van der Waals surface area (Å²) in [5.74, 6) is -0.704. The third-order valence-electron chi connectivity index (χ3n) is 5.28. The zero-order valence-electron chi connectivity index (χ0n) is 23.7. The maximum absolute atomic E-state index is 13.6. The summed E-state index contributed by atoms with van der Waals surface area (Å²) in [6.07, 6.45) is 3.59. The molecule has 1 heterocycles. The fourth-order valence-electron chi connectivity index (χ4n) is 3.28. The van der Waals surface area contributed by atoms with E-state index in [1.165, 1.54) is 36.2 Å². The number of nitrogens with one attached hydrogen (secondary N) is 1. The average Bonchev–Trinajstić information content (AvgIpc) is 3.25. The number of halogens is 3. The molecule has 0 saturated carbocycles. The van der Waals surface area contributed by atoms with Gasteiger partial charge in [-0.1, -0.05) is 40.2 Å². The minimum Gasteiger partial charge on any atom is -0.404 e. The molecule has 0 aliphatic heterocycles. The Bertz CT molecular complexity index is 1040. The highest BCUT2D eigenvalue weighted by molar-refractivity contribution is 5.90. The summed E-state index contributed by atoms with van der Waals surface area (Å²) >= 11 is 0. The van der Waals surface area contributed by atoms with Crippen molar-refractivity contribution in [2.45, 2.75) is 85.6 Å². The minimum absolute atomic E-state index is 0.0384. The lowest BCUT2D eigenvalue weighted by molar-refractivity contribution is -0.141. The molecular weight excluding hydrogens is 497 g/mol. The monoisotopic (exact) mass is 540 g/mol. The molecule has 1 rings (SSSR count). The number of hydrogen-bond acceptors (Lipinski definition) is 6. The van der Waals surface area contributed by atoms with E-state index < -0.39 is 29.4 Å². The summed E-state index contributed by atoms with van der Waals surface area (Å²) in [5.41, 5.74) is 10.6. The van der Waals surface area contributed by atoms with Gasteiger partial charge in [-0.25, -0.2) is 0 Å². The molecular formula is C27H43F3N6O2. The first-order valence-corrected chi connectivity index (χ1v) is 12.6. The molecule has 0 fully saturated rings. The molecule has 1 aromatic rings. The maximum Gasteiger partial charge on any atom is 0.435 e. The lowest BCUT2D eigenvalue weighted by Crippen LogP contribution is -2.52. The van der Waals surface area contributed by atoms with Gasteiger partial charge < -0.3 is 16.8 Å². The number of nitrogens with two attached hydrogens (primary N) is 2. The number of allylic oxidation sites excluding steroid dienone is 4. The lowest BCUT2D eigenvalue weighted by atomic mass is 10.0. The van der Waals surface area contributed by atoms with Crippen LogP contribution in [-0.4, -0.2) is 46.3 Å². The first kappa shape index (κ1) is 34.8. The summed E-state index contributed by atoms with van der Waals surface area (Å²) in [7, 11) is 1.56. The first-order chi connectivity index (χ1) is 17.6. The van der Waals surface area contributed by atoms with Gasteiger partial charge in [0.15, 0.2) is 11.5 Å². The Balaban J connectivity index is 0.00000667. The molecule has 0 radical (unpaired) electrons. The second-order valence-electron chi connectivity index (χ2n) is 9.33. The van der Waals surface area contributed by atoms with E-state index in [-0.39, 0.29) is 30.4 Å². The van der Waals surface area contributed by atoms with Gasteiger partial charge in [-0.2, -0.15) is 18.3 Å². The molecule has 0 spiro atoms. The Morgan fingerprint density at radius 2 is 1.84 bits per heavy atom. The van der Waals surface area contributed by atoms with Crippen LogP contribution in [0.2, 0.25) is 0 Å². The summed E-state index contributed by atoms with van der Waals surface area (Å²) in [6, 6.07) is 0.00401. The topological polar surface area (TPSA) is 128 Å². The number of carbonyl (C=O) groups excluding carboxylic acids is 2. The third-order valence-corrected chi connectivity index (χ3v) is 5.28. The van der Waals surface area contributed by atoms with E-state index in [9.17, 15) is 22.8 Å². The Morgan fingerprint density at radius 3 is 2.32 bits per heavy atom. The van der Waals surface area contributed by atoms with Crippen molar-refractivity contribution in [3.05, 3.63) is 47.5 Å².